The molecule has 0 saturated heterocycles. The molecular weight excluding hydrogens is 374 g/mol. The lowest BCUT2D eigenvalue weighted by molar-refractivity contribution is 0.102. The van der Waals surface area contributed by atoms with Crippen molar-refractivity contribution >= 4 is 33.2 Å². The van der Waals surface area contributed by atoms with E-state index in [1.807, 2.05) is 0 Å². The second-order valence-corrected chi connectivity index (χ2v) is 8.44. The smallest absolute Gasteiger partial charge is 0.276 e. The van der Waals surface area contributed by atoms with Crippen LogP contribution >= 0.6 is 11.6 Å². The van der Waals surface area contributed by atoms with Gasteiger partial charge in [0.15, 0.2) is 5.69 Å². The Bertz CT molecular complexity index is 834. The van der Waals surface area contributed by atoms with Gasteiger partial charge in [0.05, 0.1) is 16.5 Å². The quantitative estimate of drug-likeness (QED) is 0.605. The van der Waals surface area contributed by atoms with E-state index >= 15 is 0 Å². The lowest BCUT2D eigenvalue weighted by atomic mass is 10.1. The molecule has 0 saturated carbocycles. The number of para-hydroxylation sites is 1. The molecule has 1 N–H and O–H groups in total. The van der Waals surface area contributed by atoms with Gasteiger partial charge in [-0.3, -0.25) is 4.79 Å². The number of unbranched alkanes of at least 4 members (excludes halogenated alkanes) is 5. The lowest BCUT2D eigenvalue weighted by Gasteiger charge is -2.06. The predicted molar refractivity (Wildman–Crippen MR) is 104 cm³/mol. The molecule has 0 bridgehead atoms. The summed E-state index contributed by atoms with van der Waals surface area (Å²) in [4.78, 5) is 12.2. The van der Waals surface area contributed by atoms with Gasteiger partial charge < -0.3 is 5.32 Å². The first-order valence-electron chi connectivity index (χ1n) is 8.79. The van der Waals surface area contributed by atoms with Crippen LogP contribution in [0.2, 0.25) is 5.02 Å². The number of nitrogens with one attached hydrogen (secondary N) is 1. The summed E-state index contributed by atoms with van der Waals surface area (Å²) in [6.07, 6.45) is 7.26. The highest BCUT2D eigenvalue weighted by Gasteiger charge is 2.18. The maximum Gasteiger partial charge on any atom is 0.276 e. The summed E-state index contributed by atoms with van der Waals surface area (Å²) < 4.78 is 25.5. The van der Waals surface area contributed by atoms with Crippen LogP contribution in [0.1, 0.15) is 55.9 Å². The van der Waals surface area contributed by atoms with E-state index < -0.39 is 15.9 Å². The van der Waals surface area contributed by atoms with Crippen molar-refractivity contribution in [3.05, 3.63) is 47.2 Å². The van der Waals surface area contributed by atoms with Crippen LogP contribution in [-0.2, 0) is 10.0 Å². The number of nitrogens with zero attached hydrogens (tertiary/aromatic N) is 2. The molecule has 2 aromatic rings. The molecule has 0 atom stereocenters. The van der Waals surface area contributed by atoms with Crippen molar-refractivity contribution in [1.29, 1.82) is 0 Å². The molecule has 26 heavy (non-hydrogen) atoms. The van der Waals surface area contributed by atoms with E-state index in [0.29, 0.717) is 17.1 Å². The Kier molecular flexibility index (Phi) is 7.66. The summed E-state index contributed by atoms with van der Waals surface area (Å²) in [5.74, 6) is -0.488. The number of benzene rings is 1. The van der Waals surface area contributed by atoms with Crippen LogP contribution in [-0.4, -0.2) is 29.3 Å². The van der Waals surface area contributed by atoms with Gasteiger partial charge >= 0.3 is 0 Å². The highest BCUT2D eigenvalue weighted by atomic mass is 35.5. The Balaban J connectivity index is 1.93. The predicted octanol–water partition coefficient (Wildman–Crippen LogP) is 4.33. The van der Waals surface area contributed by atoms with E-state index in [1.54, 1.807) is 24.3 Å². The Labute approximate surface area is 159 Å². The summed E-state index contributed by atoms with van der Waals surface area (Å²) >= 11 is 6.00. The molecule has 6 nitrogen and oxygen atoms in total. The van der Waals surface area contributed by atoms with E-state index in [-0.39, 0.29) is 11.4 Å². The molecule has 0 aliphatic rings. The zero-order valence-electron chi connectivity index (χ0n) is 14.8. The standard InChI is InChI=1S/C18H24ClN3O3S/c1-2-3-4-5-6-9-14-26(24,25)22-13-12-17(21-22)18(23)20-16-11-8-7-10-15(16)19/h7-8,10-13H,2-6,9,14H2,1H3,(H,20,23). The normalized spacial score (nSPS) is 11.5. The van der Waals surface area contributed by atoms with Gasteiger partial charge in [-0.05, 0) is 24.6 Å². The fraction of sp³-hybridized carbons (Fsp3) is 0.444. The van der Waals surface area contributed by atoms with Crippen molar-refractivity contribution in [2.45, 2.75) is 45.4 Å². The molecule has 0 aliphatic carbocycles. The van der Waals surface area contributed by atoms with Crippen molar-refractivity contribution in [3.63, 3.8) is 0 Å². The molecule has 0 aliphatic heterocycles. The van der Waals surface area contributed by atoms with Gasteiger partial charge in [0.2, 0.25) is 0 Å². The molecule has 2 rings (SSSR count). The van der Waals surface area contributed by atoms with E-state index in [2.05, 4.69) is 17.3 Å². The number of aromatic nitrogens is 2. The van der Waals surface area contributed by atoms with Crippen molar-refractivity contribution < 1.29 is 13.2 Å². The third-order valence-corrected chi connectivity index (χ3v) is 5.87. The first-order chi connectivity index (χ1) is 12.4. The SMILES string of the molecule is CCCCCCCCS(=O)(=O)n1ccc(C(=O)Nc2ccccc2Cl)n1. The van der Waals surface area contributed by atoms with Crippen LogP contribution in [0.4, 0.5) is 5.69 Å². The molecule has 1 aromatic carbocycles. The van der Waals surface area contributed by atoms with Crippen molar-refractivity contribution in [1.82, 2.24) is 9.19 Å². The zero-order chi connectivity index (χ0) is 19.0. The molecule has 8 heteroatoms. The third-order valence-electron chi connectivity index (χ3n) is 3.96. The number of hydrogen-bond acceptors (Lipinski definition) is 4. The maximum absolute atomic E-state index is 12.3. The monoisotopic (exact) mass is 397 g/mol. The van der Waals surface area contributed by atoms with Crippen LogP contribution in [0.15, 0.2) is 36.5 Å². The molecule has 1 amide bonds. The van der Waals surface area contributed by atoms with E-state index in [0.717, 1.165) is 29.8 Å². The number of carbonyl (C=O) groups excluding carboxylic acids is 1. The van der Waals surface area contributed by atoms with Crippen molar-refractivity contribution in [2.24, 2.45) is 0 Å². The Hall–Kier alpha value is -1.86. The van der Waals surface area contributed by atoms with Gasteiger partial charge in [-0.2, -0.15) is 9.19 Å². The van der Waals surface area contributed by atoms with E-state index in [9.17, 15) is 13.2 Å². The average molecular weight is 398 g/mol. The van der Waals surface area contributed by atoms with Gasteiger partial charge in [-0.15, -0.1) is 0 Å². The number of amides is 1. The minimum Gasteiger partial charge on any atom is -0.319 e. The number of rotatable bonds is 10. The van der Waals surface area contributed by atoms with Crippen LogP contribution in [0.25, 0.3) is 0 Å². The number of halogens is 1. The minimum absolute atomic E-state index is 0.0202. The largest absolute Gasteiger partial charge is 0.319 e. The first kappa shape index (κ1) is 20.5. The summed E-state index contributed by atoms with van der Waals surface area (Å²) in [5.41, 5.74) is 0.472. The molecule has 142 valence electrons. The highest BCUT2D eigenvalue weighted by molar-refractivity contribution is 7.89. The summed E-state index contributed by atoms with van der Waals surface area (Å²) in [6, 6.07) is 8.19. The zero-order valence-corrected chi connectivity index (χ0v) is 16.4. The van der Waals surface area contributed by atoms with E-state index in [1.165, 1.54) is 18.7 Å². The maximum atomic E-state index is 12.3. The van der Waals surface area contributed by atoms with Gasteiger partial charge in [0, 0.05) is 6.20 Å². The molecule has 1 heterocycles. The average Bonchev–Trinajstić information content (AvgIpc) is 3.11. The topological polar surface area (TPSA) is 81.1 Å². The fourth-order valence-electron chi connectivity index (χ4n) is 2.49. The van der Waals surface area contributed by atoms with Crippen LogP contribution < -0.4 is 5.32 Å². The number of anilines is 1. The molecule has 1 aromatic heterocycles. The van der Waals surface area contributed by atoms with Crippen LogP contribution in [0.5, 0.6) is 0 Å². The summed E-state index contributed by atoms with van der Waals surface area (Å²) in [6.45, 7) is 2.14. The number of carbonyl (C=O) groups is 1. The van der Waals surface area contributed by atoms with Crippen molar-refractivity contribution in [3.8, 4) is 0 Å². The van der Waals surface area contributed by atoms with Gasteiger partial charge in [-0.1, -0.05) is 62.8 Å². The second kappa shape index (κ2) is 9.73. The van der Waals surface area contributed by atoms with Crippen molar-refractivity contribution in [2.75, 3.05) is 11.1 Å². The molecular formula is C18H24ClN3O3S. The molecule has 0 radical (unpaired) electrons. The minimum atomic E-state index is -3.55. The summed E-state index contributed by atoms with van der Waals surface area (Å²) in [7, 11) is -3.55. The molecule has 0 spiro atoms. The third kappa shape index (κ3) is 5.85. The lowest BCUT2D eigenvalue weighted by Crippen LogP contribution is -2.19. The fourth-order valence-corrected chi connectivity index (χ4v) is 3.89. The van der Waals surface area contributed by atoms with Gasteiger partial charge in [0.1, 0.15) is 0 Å². The summed E-state index contributed by atoms with van der Waals surface area (Å²) in [5, 5.41) is 6.93. The Morgan fingerprint density at radius 3 is 2.54 bits per heavy atom. The van der Waals surface area contributed by atoms with Gasteiger partial charge in [0.25, 0.3) is 15.9 Å². The first-order valence-corrected chi connectivity index (χ1v) is 10.8. The van der Waals surface area contributed by atoms with Crippen LogP contribution in [0.3, 0.4) is 0 Å². The number of hydrogen-bond donors (Lipinski definition) is 1. The van der Waals surface area contributed by atoms with E-state index in [4.69, 9.17) is 11.6 Å². The Morgan fingerprint density at radius 2 is 1.81 bits per heavy atom. The van der Waals surface area contributed by atoms with Gasteiger partial charge in [-0.25, -0.2) is 8.42 Å². The Morgan fingerprint density at radius 1 is 1.12 bits per heavy atom. The van der Waals surface area contributed by atoms with Crippen LogP contribution in [0, 0.1) is 0 Å². The molecule has 0 unspecified atom stereocenters. The highest BCUT2D eigenvalue weighted by Crippen LogP contribution is 2.21. The molecule has 0 fully saturated rings. The second-order valence-electron chi connectivity index (χ2n) is 6.09.